The van der Waals surface area contributed by atoms with E-state index in [2.05, 4.69) is 383 Å². The predicted octanol–water partition coefficient (Wildman–Crippen LogP) is 34.4. The van der Waals surface area contributed by atoms with E-state index in [4.69, 9.17) is 0 Å². The van der Waals surface area contributed by atoms with E-state index in [9.17, 15) is 0 Å². The maximum atomic E-state index is 2.60. The first-order chi connectivity index (χ1) is 59.1. The summed E-state index contributed by atoms with van der Waals surface area (Å²) in [5, 5.41) is 0. The minimum absolute atomic E-state index is 0.0787. The van der Waals surface area contributed by atoms with Gasteiger partial charge in [-0.05, 0) is 294 Å². The fourth-order valence-electron chi connectivity index (χ4n) is 19.4. The van der Waals surface area contributed by atoms with Gasteiger partial charge in [-0.25, -0.2) is 0 Å². The molecule has 16 rings (SSSR count). The molecule has 121 heavy (non-hydrogen) atoms. The molecule has 0 saturated heterocycles. The molecule has 0 saturated carbocycles. The van der Waals surface area contributed by atoms with Crippen molar-refractivity contribution < 1.29 is 0 Å². The van der Waals surface area contributed by atoms with Crippen molar-refractivity contribution in [1.82, 2.24) is 0 Å². The Hall–Kier alpha value is -10.7. The second kappa shape index (κ2) is 41.2. The Kier molecular flexibility index (Phi) is 29.5. The van der Waals surface area contributed by atoms with Crippen molar-refractivity contribution in [2.75, 3.05) is 14.7 Å². The molecule has 0 radical (unpaired) electrons. The molecule has 0 N–H and O–H groups in total. The fourth-order valence-corrected chi connectivity index (χ4v) is 19.4. The van der Waals surface area contributed by atoms with E-state index in [-0.39, 0.29) is 10.8 Å². The molecule has 0 heterocycles. The summed E-state index contributed by atoms with van der Waals surface area (Å²) in [6.45, 7) is 26.7. The Bertz CT molecular complexity index is 5100. The van der Waals surface area contributed by atoms with Crippen molar-refractivity contribution in [2.45, 2.75) is 261 Å². The molecule has 0 amide bonds. The van der Waals surface area contributed by atoms with Gasteiger partial charge in [0, 0.05) is 56.6 Å². The molecule has 0 bridgehead atoms. The summed E-state index contributed by atoms with van der Waals surface area (Å²) in [5.74, 6) is 0. The zero-order chi connectivity index (χ0) is 84.2. The van der Waals surface area contributed by atoms with E-state index < -0.39 is 0 Å². The van der Waals surface area contributed by atoms with Crippen LogP contribution in [-0.2, 0) is 36.5 Å². The molecule has 622 valence electrons. The number of anilines is 9. The lowest BCUT2D eigenvalue weighted by Gasteiger charge is -2.35. The Labute approximate surface area is 729 Å². The summed E-state index contributed by atoms with van der Waals surface area (Å²) in [7, 11) is 0. The second-order valence-corrected chi connectivity index (χ2v) is 35.9. The largest absolute Gasteiger partial charge is 0.310 e. The average molecular weight is 1600 g/mol. The van der Waals surface area contributed by atoms with Crippen molar-refractivity contribution in [3.05, 3.63) is 385 Å². The van der Waals surface area contributed by atoms with Gasteiger partial charge in [0.05, 0.1) is 5.41 Å². The van der Waals surface area contributed by atoms with E-state index in [1.54, 1.807) is 0 Å². The lowest BCUT2D eigenvalue weighted by atomic mass is 9.66. The SMILES string of the molecule is CCCCCCCCC1(CCCCCCCC)c2cc(N(c3ccc(C)cc3)c3ccc(C)cc3)ccc2-c2ccc(N(c3ccc(C)cc3)c3ccc(C)cc3)cc21.CCCCCCc1cccc(C2(c3cccc(CCCCCC)c3)c3cc(C)ccc3-c3ccc(C)cc32)c1.Cc1ccc(N(c2ccc(C)cc2)c2ccc3c(c2)CC3)cc1. The Morgan fingerprint density at radius 1 is 0.223 bits per heavy atom. The highest BCUT2D eigenvalue weighted by Crippen LogP contribution is 2.59. The maximum Gasteiger partial charge on any atom is 0.0713 e. The molecule has 13 aromatic carbocycles. The number of aryl methyl sites for hydroxylation is 12. The van der Waals surface area contributed by atoms with Crippen LogP contribution in [-0.4, -0.2) is 0 Å². The normalized spacial score (nSPS) is 12.8. The molecule has 13 aromatic rings. The lowest BCUT2D eigenvalue weighted by Crippen LogP contribution is -2.29. The molecular formula is C118H135N3. The summed E-state index contributed by atoms with van der Waals surface area (Å²) in [6, 6.07) is 109. The van der Waals surface area contributed by atoms with Gasteiger partial charge in [0.15, 0.2) is 0 Å². The molecule has 0 atom stereocenters. The summed E-state index contributed by atoms with van der Waals surface area (Å²) in [6.07, 6.45) is 33.1. The molecule has 0 unspecified atom stereocenters. The molecule has 3 aliphatic rings. The van der Waals surface area contributed by atoms with E-state index in [0.717, 1.165) is 12.8 Å². The average Bonchev–Trinajstić information content (AvgIpc) is 1.54. The van der Waals surface area contributed by atoms with Gasteiger partial charge in [0.1, 0.15) is 0 Å². The van der Waals surface area contributed by atoms with Crippen LogP contribution in [0.3, 0.4) is 0 Å². The molecule has 3 nitrogen and oxygen atoms in total. The summed E-state index contributed by atoms with van der Waals surface area (Å²) in [4.78, 5) is 7.30. The summed E-state index contributed by atoms with van der Waals surface area (Å²) < 4.78 is 0. The van der Waals surface area contributed by atoms with Crippen LogP contribution < -0.4 is 14.7 Å². The molecule has 0 spiro atoms. The van der Waals surface area contributed by atoms with Crippen LogP contribution in [0.15, 0.2) is 285 Å². The van der Waals surface area contributed by atoms with Gasteiger partial charge in [0.25, 0.3) is 0 Å². The zero-order valence-corrected chi connectivity index (χ0v) is 75.4. The number of benzene rings is 13. The van der Waals surface area contributed by atoms with E-state index in [1.165, 1.54) is 328 Å². The van der Waals surface area contributed by atoms with Gasteiger partial charge in [-0.3, -0.25) is 0 Å². The number of unbranched alkanes of at least 4 members (excludes halogenated alkanes) is 16. The lowest BCUT2D eigenvalue weighted by molar-refractivity contribution is 0.398. The van der Waals surface area contributed by atoms with Crippen molar-refractivity contribution in [2.24, 2.45) is 0 Å². The van der Waals surface area contributed by atoms with Gasteiger partial charge < -0.3 is 14.7 Å². The van der Waals surface area contributed by atoms with Gasteiger partial charge in [-0.1, -0.05) is 364 Å². The van der Waals surface area contributed by atoms with Crippen molar-refractivity contribution in [3.8, 4) is 22.3 Å². The van der Waals surface area contributed by atoms with Gasteiger partial charge >= 0.3 is 0 Å². The third-order valence-corrected chi connectivity index (χ3v) is 26.4. The Morgan fingerprint density at radius 2 is 0.496 bits per heavy atom. The number of hydrogen-bond acceptors (Lipinski definition) is 3. The first-order valence-electron chi connectivity index (χ1n) is 46.7. The van der Waals surface area contributed by atoms with E-state index >= 15 is 0 Å². The van der Waals surface area contributed by atoms with Crippen LogP contribution in [0.4, 0.5) is 51.2 Å². The summed E-state index contributed by atoms with van der Waals surface area (Å²) in [5.41, 5.74) is 41.1. The molecule has 0 aliphatic heterocycles. The minimum atomic E-state index is -0.304. The number of nitrogens with zero attached hydrogens (tertiary/aromatic N) is 3. The summed E-state index contributed by atoms with van der Waals surface area (Å²) >= 11 is 0. The van der Waals surface area contributed by atoms with Crippen molar-refractivity contribution in [3.63, 3.8) is 0 Å². The third kappa shape index (κ3) is 20.2. The third-order valence-electron chi connectivity index (χ3n) is 26.4. The molecule has 3 aliphatic carbocycles. The monoisotopic (exact) mass is 1590 g/mol. The Morgan fingerprint density at radius 3 is 0.818 bits per heavy atom. The van der Waals surface area contributed by atoms with E-state index in [0.29, 0.717) is 0 Å². The number of rotatable bonds is 35. The van der Waals surface area contributed by atoms with Crippen molar-refractivity contribution in [1.29, 1.82) is 0 Å². The number of fused-ring (bicyclic) bond motifs is 7. The first-order valence-corrected chi connectivity index (χ1v) is 46.7. The minimum Gasteiger partial charge on any atom is -0.310 e. The fraction of sp³-hybridized carbons (Fsp3) is 0.339. The molecule has 0 aromatic heterocycles. The van der Waals surface area contributed by atoms with Crippen LogP contribution in [0.25, 0.3) is 22.3 Å². The van der Waals surface area contributed by atoms with Crippen LogP contribution in [0.5, 0.6) is 0 Å². The molecule has 0 fully saturated rings. The quantitative estimate of drug-likeness (QED) is 0.0367. The highest BCUT2D eigenvalue weighted by atomic mass is 15.2. The highest BCUT2D eigenvalue weighted by Gasteiger charge is 2.47. The van der Waals surface area contributed by atoms with E-state index in [1.807, 2.05) is 0 Å². The Balaban J connectivity index is 0.000000164. The van der Waals surface area contributed by atoms with Crippen LogP contribution in [0.2, 0.25) is 0 Å². The highest BCUT2D eigenvalue weighted by molar-refractivity contribution is 5.90. The smallest absolute Gasteiger partial charge is 0.0713 e. The molecular weight excluding hydrogens is 1460 g/mol. The van der Waals surface area contributed by atoms with Gasteiger partial charge in [-0.2, -0.15) is 0 Å². The topological polar surface area (TPSA) is 9.72 Å². The zero-order valence-electron chi connectivity index (χ0n) is 75.4. The van der Waals surface area contributed by atoms with Crippen LogP contribution in [0.1, 0.15) is 269 Å². The second-order valence-electron chi connectivity index (χ2n) is 35.9. The predicted molar refractivity (Wildman–Crippen MR) is 524 cm³/mol. The maximum absolute atomic E-state index is 2.60. The molecule has 3 heteroatoms. The van der Waals surface area contributed by atoms with Gasteiger partial charge in [0.2, 0.25) is 0 Å². The first kappa shape index (κ1) is 86.6. The van der Waals surface area contributed by atoms with Crippen LogP contribution in [0, 0.1) is 55.4 Å². The van der Waals surface area contributed by atoms with Gasteiger partial charge in [-0.15, -0.1) is 0 Å². The standard InChI is InChI=1S/C57H68N2.C39H46.C22H21N/c1-7-9-11-13-15-17-39-57(40-18-16-14-12-10-8-2)55-41-51(58(47-27-19-43(3)20-28-47)48-29-21-44(4)22-30-48)35-37-53(55)54-38-36-52(42-56(54)57)59(49-31-23-45(5)24-32-49)50-33-25-46(6)26-34-50;1-5-7-9-11-15-31-17-13-19-33(27-31)39(34-20-14-18-32(28-34)16-12-10-8-6-2)37-25-29(3)21-23-35(37)36-24-22-30(4)26-38(36)39;1-16-3-10-20(11-4-16)23(21-12-5-17(2)6-13-21)22-14-9-18-7-8-19(18)15-22/h19-38,41-42H,7-18,39-40H2,1-6H3;13-14,17-28H,5-12,15-16H2,1-4H3;3-6,9-15H,7-8H2,1-2H3. The number of hydrogen-bond donors (Lipinski definition) is 0. The van der Waals surface area contributed by atoms with Crippen LogP contribution >= 0.6 is 0 Å². The van der Waals surface area contributed by atoms with Crippen molar-refractivity contribution >= 4 is 51.2 Å².